The van der Waals surface area contributed by atoms with Crippen molar-refractivity contribution in [1.82, 2.24) is 4.90 Å². The number of rotatable bonds is 4. The lowest BCUT2D eigenvalue weighted by molar-refractivity contribution is -0.137. The second-order valence-corrected chi connectivity index (χ2v) is 2.95. The highest BCUT2D eigenvalue weighted by atomic mass is 35.5. The van der Waals surface area contributed by atoms with Crippen LogP contribution in [0.5, 0.6) is 0 Å². The molecule has 1 N–H and O–H groups in total. The molecule has 0 unspecified atom stereocenters. The molecule has 0 spiro atoms. The van der Waals surface area contributed by atoms with Crippen molar-refractivity contribution < 1.29 is 27.0 Å². The fourth-order valence-corrected chi connectivity index (χ4v) is 1.28. The van der Waals surface area contributed by atoms with Gasteiger partial charge in [-0.2, -0.15) is 0 Å². The van der Waals surface area contributed by atoms with E-state index >= 15 is 0 Å². The maximum atomic E-state index is 10.2. The highest BCUT2D eigenvalue weighted by molar-refractivity contribution is 5.66. The third kappa shape index (κ3) is 5.85. The van der Waals surface area contributed by atoms with E-state index in [1.54, 1.807) is 0 Å². The van der Waals surface area contributed by atoms with Crippen molar-refractivity contribution in [3.8, 4) is 0 Å². The quantitative estimate of drug-likeness (QED) is 0.542. The molecule has 0 bridgehead atoms. The van der Waals surface area contributed by atoms with Crippen LogP contribution in [0.15, 0.2) is 0 Å². The van der Waals surface area contributed by atoms with Crippen LogP contribution in [0, 0.1) is 0 Å². The third-order valence-corrected chi connectivity index (χ3v) is 1.97. The minimum Gasteiger partial charge on any atom is -1.00 e. The molecule has 5 heteroatoms. The van der Waals surface area contributed by atoms with Crippen LogP contribution in [0.4, 0.5) is 0 Å². The van der Waals surface area contributed by atoms with Crippen molar-refractivity contribution in [2.75, 3.05) is 32.8 Å². The summed E-state index contributed by atoms with van der Waals surface area (Å²) in [4.78, 5) is 12.4. The van der Waals surface area contributed by atoms with E-state index in [9.17, 15) is 4.79 Å². The maximum Gasteiger partial charge on any atom is 0.303 e. The lowest BCUT2D eigenvalue weighted by Gasteiger charge is -2.26. The van der Waals surface area contributed by atoms with Crippen molar-refractivity contribution in [3.05, 3.63) is 0 Å². The Morgan fingerprint density at radius 1 is 1.38 bits per heavy atom. The van der Waals surface area contributed by atoms with Crippen LogP contribution in [0.3, 0.4) is 0 Å². The highest BCUT2D eigenvalue weighted by Gasteiger charge is 2.09. The SMILES string of the molecule is O=C(O)CCCN1CCOCC1.[Cl-]. The monoisotopic (exact) mass is 208 g/mol. The van der Waals surface area contributed by atoms with Crippen LogP contribution >= 0.6 is 0 Å². The molecular weight excluding hydrogens is 194 g/mol. The summed E-state index contributed by atoms with van der Waals surface area (Å²) in [6.07, 6.45) is 1.02. The van der Waals surface area contributed by atoms with Gasteiger partial charge in [-0.1, -0.05) is 0 Å². The summed E-state index contributed by atoms with van der Waals surface area (Å²) in [5.41, 5.74) is 0. The largest absolute Gasteiger partial charge is 1.00 e. The van der Waals surface area contributed by atoms with Gasteiger partial charge in [-0.15, -0.1) is 0 Å². The van der Waals surface area contributed by atoms with Crippen LogP contribution in [0.2, 0.25) is 0 Å². The highest BCUT2D eigenvalue weighted by Crippen LogP contribution is 1.99. The second-order valence-electron chi connectivity index (χ2n) is 2.95. The molecule has 1 rings (SSSR count). The van der Waals surface area contributed by atoms with Gasteiger partial charge in [-0.3, -0.25) is 9.69 Å². The Morgan fingerprint density at radius 3 is 2.54 bits per heavy atom. The zero-order valence-electron chi connectivity index (χ0n) is 7.54. The lowest BCUT2D eigenvalue weighted by Crippen LogP contribution is -3.00. The maximum absolute atomic E-state index is 10.2. The Bertz CT molecular complexity index is 148. The summed E-state index contributed by atoms with van der Waals surface area (Å²) in [5.74, 6) is -0.705. The molecule has 0 aliphatic carbocycles. The molecule has 0 saturated carbocycles. The number of halogens is 1. The topological polar surface area (TPSA) is 49.8 Å². The van der Waals surface area contributed by atoms with Crippen LogP contribution in [-0.4, -0.2) is 48.8 Å². The molecule has 13 heavy (non-hydrogen) atoms. The van der Waals surface area contributed by atoms with E-state index in [0.29, 0.717) is 0 Å². The molecule has 0 atom stereocenters. The zero-order valence-corrected chi connectivity index (χ0v) is 8.29. The molecule has 0 aromatic rings. The standard InChI is InChI=1S/C8H15NO3.ClH/c10-8(11)2-1-3-9-4-6-12-7-5-9;/h1-7H2,(H,10,11);1H/p-1. The van der Waals surface area contributed by atoms with E-state index in [0.717, 1.165) is 39.3 Å². The third-order valence-electron chi connectivity index (χ3n) is 1.97. The minimum atomic E-state index is -0.705. The van der Waals surface area contributed by atoms with Gasteiger partial charge in [-0.25, -0.2) is 0 Å². The first-order valence-corrected chi connectivity index (χ1v) is 4.31. The molecule has 1 saturated heterocycles. The summed E-state index contributed by atoms with van der Waals surface area (Å²) < 4.78 is 5.17. The summed E-state index contributed by atoms with van der Waals surface area (Å²) in [6.45, 7) is 4.34. The molecule has 78 valence electrons. The fourth-order valence-electron chi connectivity index (χ4n) is 1.28. The number of aliphatic carboxylic acids is 1. The van der Waals surface area contributed by atoms with E-state index in [4.69, 9.17) is 9.84 Å². The first kappa shape index (κ1) is 12.7. The summed E-state index contributed by atoms with van der Waals surface area (Å²) in [7, 11) is 0. The number of ether oxygens (including phenoxy) is 1. The lowest BCUT2D eigenvalue weighted by atomic mass is 10.3. The predicted molar refractivity (Wildman–Crippen MR) is 44.1 cm³/mol. The van der Waals surface area contributed by atoms with Crippen LogP contribution in [0.1, 0.15) is 12.8 Å². The van der Waals surface area contributed by atoms with Gasteiger partial charge >= 0.3 is 5.97 Å². The average Bonchev–Trinajstić information content (AvgIpc) is 2.05. The predicted octanol–water partition coefficient (Wildman–Crippen LogP) is -2.81. The molecule has 1 aliphatic rings. The van der Waals surface area contributed by atoms with Gasteiger partial charge in [-0.05, 0) is 13.0 Å². The van der Waals surface area contributed by atoms with Crippen LogP contribution < -0.4 is 12.4 Å². The van der Waals surface area contributed by atoms with Gasteiger partial charge in [0.25, 0.3) is 0 Å². The van der Waals surface area contributed by atoms with E-state index in [1.807, 2.05) is 0 Å². The number of hydrogen-bond acceptors (Lipinski definition) is 3. The molecule has 0 aromatic heterocycles. The Kier molecular flexibility index (Phi) is 6.94. The van der Waals surface area contributed by atoms with Crippen molar-refractivity contribution in [3.63, 3.8) is 0 Å². The van der Waals surface area contributed by atoms with Gasteiger partial charge in [0.05, 0.1) is 13.2 Å². The first-order valence-electron chi connectivity index (χ1n) is 4.31. The van der Waals surface area contributed by atoms with Gasteiger partial charge in [0.15, 0.2) is 0 Å². The smallest absolute Gasteiger partial charge is 0.303 e. The van der Waals surface area contributed by atoms with Crippen molar-refractivity contribution in [1.29, 1.82) is 0 Å². The fraction of sp³-hybridized carbons (Fsp3) is 0.875. The summed E-state index contributed by atoms with van der Waals surface area (Å²) in [5, 5.41) is 8.40. The van der Waals surface area contributed by atoms with E-state index in [1.165, 1.54) is 0 Å². The Hall–Kier alpha value is -0.320. The van der Waals surface area contributed by atoms with E-state index in [2.05, 4.69) is 4.90 Å². The average molecular weight is 209 g/mol. The molecule has 0 radical (unpaired) electrons. The van der Waals surface area contributed by atoms with Gasteiger partial charge < -0.3 is 22.3 Å². The summed E-state index contributed by atoms with van der Waals surface area (Å²) >= 11 is 0. The number of hydrogen-bond donors (Lipinski definition) is 1. The minimum absolute atomic E-state index is 0. The van der Waals surface area contributed by atoms with Crippen LogP contribution in [0.25, 0.3) is 0 Å². The molecular formula is C8H15ClNO3-. The zero-order chi connectivity index (χ0) is 8.81. The van der Waals surface area contributed by atoms with Crippen LogP contribution in [-0.2, 0) is 9.53 Å². The number of carboxylic acid groups (broad SMARTS) is 1. The van der Waals surface area contributed by atoms with E-state index < -0.39 is 5.97 Å². The molecule has 0 amide bonds. The molecule has 1 aliphatic heterocycles. The number of carboxylic acids is 1. The van der Waals surface area contributed by atoms with Gasteiger partial charge in [0, 0.05) is 19.5 Å². The Balaban J connectivity index is 0.00000144. The normalized spacial score (nSPS) is 17.8. The Morgan fingerprint density at radius 2 is 2.00 bits per heavy atom. The molecule has 4 nitrogen and oxygen atoms in total. The van der Waals surface area contributed by atoms with Crippen molar-refractivity contribution in [2.45, 2.75) is 12.8 Å². The van der Waals surface area contributed by atoms with Gasteiger partial charge in [0.1, 0.15) is 0 Å². The Labute approximate surface area is 84.3 Å². The number of carbonyl (C=O) groups is 1. The number of nitrogens with zero attached hydrogens (tertiary/aromatic N) is 1. The van der Waals surface area contributed by atoms with E-state index in [-0.39, 0.29) is 18.8 Å². The first-order chi connectivity index (χ1) is 5.79. The second kappa shape index (κ2) is 7.12. The number of morpholine rings is 1. The van der Waals surface area contributed by atoms with Gasteiger partial charge in [0.2, 0.25) is 0 Å². The molecule has 0 aromatic carbocycles. The molecule has 1 fully saturated rings. The van der Waals surface area contributed by atoms with Crippen molar-refractivity contribution in [2.24, 2.45) is 0 Å². The molecule has 1 heterocycles. The van der Waals surface area contributed by atoms with Crippen molar-refractivity contribution >= 4 is 5.97 Å². The summed E-state index contributed by atoms with van der Waals surface area (Å²) in [6, 6.07) is 0.